The van der Waals surface area contributed by atoms with E-state index in [1.165, 1.54) is 6.42 Å². The molecule has 2 fully saturated rings. The third-order valence-electron chi connectivity index (χ3n) is 5.26. The van der Waals surface area contributed by atoms with E-state index in [0.717, 1.165) is 44.5 Å². The van der Waals surface area contributed by atoms with Crippen molar-refractivity contribution in [2.75, 3.05) is 26.2 Å². The first-order valence-electron chi connectivity index (χ1n) is 8.64. The van der Waals surface area contributed by atoms with Crippen LogP contribution in [-0.2, 0) is 11.8 Å². The predicted octanol–water partition coefficient (Wildman–Crippen LogP) is 1.59. The number of aryl methyl sites for hydroxylation is 1. The van der Waals surface area contributed by atoms with Crippen LogP contribution in [0.4, 0.5) is 0 Å². The molecule has 0 aromatic carbocycles. The van der Waals surface area contributed by atoms with Crippen LogP contribution in [0.2, 0.25) is 0 Å². The molecule has 1 aromatic heterocycles. The maximum Gasteiger partial charge on any atom is 0.257 e. The highest BCUT2D eigenvalue weighted by molar-refractivity contribution is 5.95. The highest BCUT2D eigenvalue weighted by Gasteiger charge is 2.31. The van der Waals surface area contributed by atoms with Crippen molar-refractivity contribution in [3.05, 3.63) is 17.5 Å². The summed E-state index contributed by atoms with van der Waals surface area (Å²) in [6.07, 6.45) is 6.69. The number of hydrogen-bond acceptors (Lipinski definition) is 3. The first-order valence-corrected chi connectivity index (χ1v) is 8.64. The van der Waals surface area contributed by atoms with Crippen LogP contribution in [0, 0.1) is 12.8 Å². The Labute approximate surface area is 137 Å². The molecule has 2 saturated heterocycles. The Morgan fingerprint density at radius 1 is 1.04 bits per heavy atom. The number of amides is 2. The standard InChI is InChI=1S/C17H26N4O2/c1-13-15(12-18-19(13)2)17(23)21-10-6-14(7-11-21)16(22)20-8-4-3-5-9-20/h12,14H,3-11H2,1-2H3. The fourth-order valence-electron chi connectivity index (χ4n) is 3.58. The van der Waals surface area contributed by atoms with E-state index in [1.807, 2.05) is 23.8 Å². The molecule has 0 bridgehead atoms. The zero-order chi connectivity index (χ0) is 16.4. The van der Waals surface area contributed by atoms with Gasteiger partial charge in [0.05, 0.1) is 11.8 Å². The third-order valence-corrected chi connectivity index (χ3v) is 5.26. The van der Waals surface area contributed by atoms with Crippen LogP contribution in [0.1, 0.15) is 48.2 Å². The van der Waals surface area contributed by atoms with Crippen LogP contribution in [0.5, 0.6) is 0 Å². The van der Waals surface area contributed by atoms with Gasteiger partial charge in [0.15, 0.2) is 0 Å². The quantitative estimate of drug-likeness (QED) is 0.832. The van der Waals surface area contributed by atoms with Crippen molar-refractivity contribution in [1.82, 2.24) is 19.6 Å². The molecule has 6 heteroatoms. The Bertz CT molecular complexity index is 581. The zero-order valence-corrected chi connectivity index (χ0v) is 14.1. The van der Waals surface area contributed by atoms with Crippen molar-refractivity contribution in [2.45, 2.75) is 39.0 Å². The Kier molecular flexibility index (Phi) is 4.68. The lowest BCUT2D eigenvalue weighted by Gasteiger charge is -2.35. The molecular weight excluding hydrogens is 292 g/mol. The summed E-state index contributed by atoms with van der Waals surface area (Å²) in [6, 6.07) is 0. The van der Waals surface area contributed by atoms with Gasteiger partial charge in [-0.05, 0) is 39.0 Å². The molecule has 2 amide bonds. The number of carbonyl (C=O) groups excluding carboxylic acids is 2. The zero-order valence-electron chi connectivity index (χ0n) is 14.1. The molecule has 0 spiro atoms. The third kappa shape index (κ3) is 3.26. The number of piperidine rings is 2. The monoisotopic (exact) mass is 318 g/mol. The summed E-state index contributed by atoms with van der Waals surface area (Å²) in [4.78, 5) is 29.0. The van der Waals surface area contributed by atoms with Crippen LogP contribution in [0.15, 0.2) is 6.20 Å². The van der Waals surface area contributed by atoms with Gasteiger partial charge in [0.2, 0.25) is 5.91 Å². The Balaban J connectivity index is 1.56. The molecule has 23 heavy (non-hydrogen) atoms. The Morgan fingerprint density at radius 3 is 2.26 bits per heavy atom. The summed E-state index contributed by atoms with van der Waals surface area (Å²) in [7, 11) is 1.84. The predicted molar refractivity (Wildman–Crippen MR) is 87.0 cm³/mol. The molecule has 0 radical (unpaired) electrons. The summed E-state index contributed by atoms with van der Waals surface area (Å²) >= 11 is 0. The van der Waals surface area contributed by atoms with E-state index in [9.17, 15) is 9.59 Å². The van der Waals surface area contributed by atoms with Crippen LogP contribution in [0.3, 0.4) is 0 Å². The molecule has 3 rings (SSSR count). The van der Waals surface area contributed by atoms with Gasteiger partial charge in [-0.1, -0.05) is 0 Å². The van der Waals surface area contributed by atoms with Gasteiger partial charge < -0.3 is 9.80 Å². The largest absolute Gasteiger partial charge is 0.342 e. The van der Waals surface area contributed by atoms with Crippen LogP contribution < -0.4 is 0 Å². The molecule has 2 aliphatic heterocycles. The number of rotatable bonds is 2. The van der Waals surface area contributed by atoms with Crippen molar-refractivity contribution in [3.8, 4) is 0 Å². The molecule has 1 aromatic rings. The lowest BCUT2D eigenvalue weighted by Crippen LogP contribution is -2.45. The molecule has 0 N–H and O–H groups in total. The minimum Gasteiger partial charge on any atom is -0.342 e. The molecule has 0 aliphatic carbocycles. The molecule has 2 aliphatic rings. The maximum absolute atomic E-state index is 12.6. The van der Waals surface area contributed by atoms with E-state index < -0.39 is 0 Å². The molecule has 126 valence electrons. The molecule has 3 heterocycles. The van der Waals surface area contributed by atoms with Gasteiger partial charge >= 0.3 is 0 Å². The van der Waals surface area contributed by atoms with E-state index in [1.54, 1.807) is 10.9 Å². The number of aromatic nitrogens is 2. The summed E-state index contributed by atoms with van der Waals surface area (Å²) in [5, 5.41) is 4.14. The van der Waals surface area contributed by atoms with Crippen molar-refractivity contribution in [2.24, 2.45) is 13.0 Å². The van der Waals surface area contributed by atoms with Gasteiger partial charge in [-0.15, -0.1) is 0 Å². The van der Waals surface area contributed by atoms with Gasteiger partial charge in [0, 0.05) is 44.8 Å². The fraction of sp³-hybridized carbons (Fsp3) is 0.706. The minimum absolute atomic E-state index is 0.0412. The number of hydrogen-bond donors (Lipinski definition) is 0. The Morgan fingerprint density at radius 2 is 1.70 bits per heavy atom. The highest BCUT2D eigenvalue weighted by Crippen LogP contribution is 2.23. The summed E-state index contributed by atoms with van der Waals surface area (Å²) in [6.45, 7) is 5.06. The number of carbonyl (C=O) groups is 2. The smallest absolute Gasteiger partial charge is 0.257 e. The molecule has 6 nitrogen and oxygen atoms in total. The topological polar surface area (TPSA) is 58.4 Å². The molecular formula is C17H26N4O2. The fourth-order valence-corrected chi connectivity index (χ4v) is 3.58. The SMILES string of the molecule is Cc1c(C(=O)N2CCC(C(=O)N3CCCCC3)CC2)cnn1C. The summed E-state index contributed by atoms with van der Waals surface area (Å²) in [5.74, 6) is 0.431. The van der Waals surface area contributed by atoms with Crippen LogP contribution in [-0.4, -0.2) is 57.6 Å². The van der Waals surface area contributed by atoms with Crippen LogP contribution >= 0.6 is 0 Å². The summed E-state index contributed by atoms with van der Waals surface area (Å²) < 4.78 is 1.72. The number of likely N-dealkylation sites (tertiary alicyclic amines) is 2. The lowest BCUT2D eigenvalue weighted by atomic mass is 9.94. The maximum atomic E-state index is 12.6. The van der Waals surface area contributed by atoms with E-state index in [4.69, 9.17) is 0 Å². The van der Waals surface area contributed by atoms with E-state index in [-0.39, 0.29) is 11.8 Å². The van der Waals surface area contributed by atoms with Gasteiger partial charge in [0.25, 0.3) is 5.91 Å². The first-order chi connectivity index (χ1) is 11.1. The van der Waals surface area contributed by atoms with Crippen molar-refractivity contribution in [3.63, 3.8) is 0 Å². The molecule has 0 saturated carbocycles. The van der Waals surface area contributed by atoms with Gasteiger partial charge in [-0.25, -0.2) is 0 Å². The van der Waals surface area contributed by atoms with Gasteiger partial charge in [-0.2, -0.15) is 5.10 Å². The van der Waals surface area contributed by atoms with Gasteiger partial charge in [0.1, 0.15) is 0 Å². The second kappa shape index (κ2) is 6.72. The van der Waals surface area contributed by atoms with Crippen molar-refractivity contribution in [1.29, 1.82) is 0 Å². The average molecular weight is 318 g/mol. The first kappa shape index (κ1) is 16.0. The minimum atomic E-state index is 0.0412. The molecule has 0 unspecified atom stereocenters. The molecule has 0 atom stereocenters. The highest BCUT2D eigenvalue weighted by atomic mass is 16.2. The second-order valence-electron chi connectivity index (χ2n) is 6.72. The van der Waals surface area contributed by atoms with Crippen molar-refractivity contribution < 1.29 is 9.59 Å². The van der Waals surface area contributed by atoms with E-state index >= 15 is 0 Å². The van der Waals surface area contributed by atoms with E-state index in [0.29, 0.717) is 24.6 Å². The average Bonchev–Trinajstić information content (AvgIpc) is 2.94. The normalized spacial score (nSPS) is 19.9. The number of nitrogens with zero attached hydrogens (tertiary/aromatic N) is 4. The van der Waals surface area contributed by atoms with Crippen LogP contribution in [0.25, 0.3) is 0 Å². The van der Waals surface area contributed by atoms with E-state index in [2.05, 4.69) is 5.10 Å². The summed E-state index contributed by atoms with van der Waals surface area (Å²) in [5.41, 5.74) is 1.56. The van der Waals surface area contributed by atoms with Crippen molar-refractivity contribution >= 4 is 11.8 Å². The second-order valence-corrected chi connectivity index (χ2v) is 6.72. The Hall–Kier alpha value is -1.85. The van der Waals surface area contributed by atoms with Gasteiger partial charge in [-0.3, -0.25) is 14.3 Å². The lowest BCUT2D eigenvalue weighted by molar-refractivity contribution is -0.137.